The maximum absolute atomic E-state index is 9.01. The van der Waals surface area contributed by atoms with E-state index in [9.17, 15) is 0 Å². The van der Waals surface area contributed by atoms with Gasteiger partial charge in [-0.1, -0.05) is 0 Å². The van der Waals surface area contributed by atoms with Crippen LogP contribution >= 0.6 is 0 Å². The maximum atomic E-state index is 9.01. The number of anilines is 2. The molecule has 2 heterocycles. The number of nitrogens with zero attached hydrogens (tertiary/aromatic N) is 2. The van der Waals surface area contributed by atoms with E-state index in [0.29, 0.717) is 0 Å². The summed E-state index contributed by atoms with van der Waals surface area (Å²) in [5, 5.41) is 15.8. The molecule has 1 unspecified atom stereocenters. The van der Waals surface area contributed by atoms with Crippen molar-refractivity contribution in [1.29, 1.82) is 5.26 Å². The molecule has 18 heavy (non-hydrogen) atoms. The molecule has 0 aromatic heterocycles. The maximum Gasteiger partial charge on any atom is 0.0992 e. The van der Waals surface area contributed by atoms with Gasteiger partial charge in [0.15, 0.2) is 0 Å². The van der Waals surface area contributed by atoms with E-state index in [-0.39, 0.29) is 0 Å². The average molecular weight is 242 g/mol. The molecule has 1 saturated heterocycles. The fourth-order valence-corrected chi connectivity index (χ4v) is 2.83. The number of rotatable bonds is 2. The summed E-state index contributed by atoms with van der Waals surface area (Å²) in [5.41, 5.74) is 3.09. The third kappa shape index (κ3) is 2.14. The molecule has 1 aromatic carbocycles. The monoisotopic (exact) mass is 242 g/mol. The van der Waals surface area contributed by atoms with E-state index in [4.69, 9.17) is 5.26 Å². The summed E-state index contributed by atoms with van der Waals surface area (Å²) in [4.78, 5) is 2.42. The van der Waals surface area contributed by atoms with Gasteiger partial charge in [0, 0.05) is 19.6 Å². The lowest BCUT2D eigenvalue weighted by atomic mass is 10.1. The van der Waals surface area contributed by atoms with E-state index < -0.39 is 0 Å². The van der Waals surface area contributed by atoms with Crippen LogP contribution in [0, 0.1) is 17.2 Å². The van der Waals surface area contributed by atoms with E-state index in [1.165, 1.54) is 12.1 Å². The molecule has 4 heteroatoms. The van der Waals surface area contributed by atoms with Crippen molar-refractivity contribution in [2.75, 3.05) is 42.9 Å². The summed E-state index contributed by atoms with van der Waals surface area (Å²) >= 11 is 0. The molecule has 3 rings (SSSR count). The number of nitrogens with one attached hydrogen (secondary N) is 2. The van der Waals surface area contributed by atoms with Gasteiger partial charge in [-0.15, -0.1) is 0 Å². The molecule has 0 bridgehead atoms. The van der Waals surface area contributed by atoms with Crippen LogP contribution in [0.15, 0.2) is 18.2 Å². The highest BCUT2D eigenvalue weighted by Crippen LogP contribution is 2.31. The van der Waals surface area contributed by atoms with Gasteiger partial charge in [0.05, 0.1) is 23.0 Å². The lowest BCUT2D eigenvalue weighted by molar-refractivity contribution is 0.559. The van der Waals surface area contributed by atoms with Crippen LogP contribution in [0.4, 0.5) is 11.4 Å². The second-order valence-electron chi connectivity index (χ2n) is 5.08. The highest BCUT2D eigenvalue weighted by molar-refractivity contribution is 5.73. The van der Waals surface area contributed by atoms with Crippen molar-refractivity contribution in [1.82, 2.24) is 5.32 Å². The first-order valence-electron chi connectivity index (χ1n) is 6.60. The molecule has 1 fully saturated rings. The summed E-state index contributed by atoms with van der Waals surface area (Å²) in [6, 6.07) is 8.13. The summed E-state index contributed by atoms with van der Waals surface area (Å²) in [7, 11) is 0. The molecule has 2 aliphatic rings. The highest BCUT2D eigenvalue weighted by atomic mass is 15.2. The molecule has 2 aliphatic heterocycles. The average Bonchev–Trinajstić information content (AvgIpc) is 2.91. The first-order valence-corrected chi connectivity index (χ1v) is 6.60. The fourth-order valence-electron chi connectivity index (χ4n) is 2.83. The molecular weight excluding hydrogens is 224 g/mol. The Balaban J connectivity index is 1.83. The van der Waals surface area contributed by atoms with Gasteiger partial charge < -0.3 is 15.5 Å². The molecule has 4 nitrogen and oxygen atoms in total. The van der Waals surface area contributed by atoms with Crippen molar-refractivity contribution in [3.63, 3.8) is 0 Å². The Morgan fingerprint density at radius 2 is 2.33 bits per heavy atom. The lowest BCUT2D eigenvalue weighted by Gasteiger charge is -2.33. The number of fused-ring (bicyclic) bond motifs is 1. The standard InChI is InChI=1S/C14H18N4/c15-8-11-1-2-13-14(7-11)18(6-5-17-13)10-12-3-4-16-9-12/h1-2,7,12,16-17H,3-6,9-10H2. The van der Waals surface area contributed by atoms with Crippen molar-refractivity contribution in [3.8, 4) is 6.07 Å². The first kappa shape index (κ1) is 11.4. The zero-order chi connectivity index (χ0) is 12.4. The Labute approximate surface area is 108 Å². The normalized spacial score (nSPS) is 22.2. The zero-order valence-corrected chi connectivity index (χ0v) is 10.4. The van der Waals surface area contributed by atoms with Gasteiger partial charge in [0.25, 0.3) is 0 Å². The van der Waals surface area contributed by atoms with Gasteiger partial charge in [-0.05, 0) is 43.6 Å². The molecule has 0 spiro atoms. The van der Waals surface area contributed by atoms with Crippen molar-refractivity contribution in [2.24, 2.45) is 5.92 Å². The predicted molar refractivity (Wildman–Crippen MR) is 72.8 cm³/mol. The Bertz CT molecular complexity index is 471. The fraction of sp³-hybridized carbons (Fsp3) is 0.500. The second-order valence-corrected chi connectivity index (χ2v) is 5.08. The van der Waals surface area contributed by atoms with Crippen molar-refractivity contribution >= 4 is 11.4 Å². The van der Waals surface area contributed by atoms with Crippen LogP contribution in [0.2, 0.25) is 0 Å². The molecule has 2 N–H and O–H groups in total. The number of benzene rings is 1. The second kappa shape index (κ2) is 4.87. The number of nitriles is 1. The summed E-state index contributed by atoms with van der Waals surface area (Å²) in [6.45, 7) is 5.37. The van der Waals surface area contributed by atoms with Crippen LogP contribution in [0.1, 0.15) is 12.0 Å². The molecular formula is C14H18N4. The Morgan fingerprint density at radius 1 is 1.39 bits per heavy atom. The quantitative estimate of drug-likeness (QED) is 0.823. The van der Waals surface area contributed by atoms with Crippen LogP contribution in [0.3, 0.4) is 0 Å². The van der Waals surface area contributed by atoms with Gasteiger partial charge in [0.1, 0.15) is 0 Å². The molecule has 0 aliphatic carbocycles. The Hall–Kier alpha value is -1.73. The van der Waals surface area contributed by atoms with Gasteiger partial charge in [-0.25, -0.2) is 0 Å². The predicted octanol–water partition coefficient (Wildman–Crippen LogP) is 1.40. The van der Waals surface area contributed by atoms with Crippen molar-refractivity contribution < 1.29 is 0 Å². The zero-order valence-electron chi connectivity index (χ0n) is 10.4. The van der Waals surface area contributed by atoms with Crippen LogP contribution < -0.4 is 15.5 Å². The highest BCUT2D eigenvalue weighted by Gasteiger charge is 2.22. The third-order valence-corrected chi connectivity index (χ3v) is 3.81. The van der Waals surface area contributed by atoms with Gasteiger partial charge in [-0.3, -0.25) is 0 Å². The minimum absolute atomic E-state index is 0.738. The Morgan fingerprint density at radius 3 is 3.11 bits per heavy atom. The number of hydrogen-bond acceptors (Lipinski definition) is 4. The molecule has 94 valence electrons. The minimum atomic E-state index is 0.738. The summed E-state index contributed by atoms with van der Waals surface area (Å²) in [6.07, 6.45) is 1.26. The van der Waals surface area contributed by atoms with Crippen LogP contribution in [0.25, 0.3) is 0 Å². The molecule has 0 radical (unpaired) electrons. The van der Waals surface area contributed by atoms with Crippen molar-refractivity contribution in [2.45, 2.75) is 6.42 Å². The lowest BCUT2D eigenvalue weighted by Crippen LogP contribution is -2.38. The van der Waals surface area contributed by atoms with E-state index in [0.717, 1.165) is 49.9 Å². The topological polar surface area (TPSA) is 51.1 Å². The van der Waals surface area contributed by atoms with Crippen LogP contribution in [-0.4, -0.2) is 32.7 Å². The van der Waals surface area contributed by atoms with Crippen LogP contribution in [-0.2, 0) is 0 Å². The summed E-state index contributed by atoms with van der Waals surface area (Å²) < 4.78 is 0. The molecule has 1 aromatic rings. The van der Waals surface area contributed by atoms with E-state index >= 15 is 0 Å². The van der Waals surface area contributed by atoms with E-state index in [1.54, 1.807) is 0 Å². The van der Waals surface area contributed by atoms with E-state index in [2.05, 4.69) is 21.6 Å². The summed E-state index contributed by atoms with van der Waals surface area (Å²) in [5.74, 6) is 0.738. The minimum Gasteiger partial charge on any atom is -0.382 e. The molecule has 0 amide bonds. The molecule has 0 saturated carbocycles. The van der Waals surface area contributed by atoms with Crippen LogP contribution in [0.5, 0.6) is 0 Å². The van der Waals surface area contributed by atoms with Gasteiger partial charge in [0.2, 0.25) is 0 Å². The third-order valence-electron chi connectivity index (χ3n) is 3.81. The van der Waals surface area contributed by atoms with Gasteiger partial charge in [-0.2, -0.15) is 5.26 Å². The molecule has 1 atom stereocenters. The Kier molecular flexibility index (Phi) is 3.07. The SMILES string of the molecule is N#Cc1ccc2c(c1)N(CC1CCNC1)CCN2. The first-order chi connectivity index (χ1) is 8.86. The van der Waals surface area contributed by atoms with E-state index in [1.807, 2.05) is 18.2 Å². The van der Waals surface area contributed by atoms with Gasteiger partial charge >= 0.3 is 0 Å². The smallest absolute Gasteiger partial charge is 0.0992 e. The number of hydrogen-bond donors (Lipinski definition) is 2. The van der Waals surface area contributed by atoms with Crippen molar-refractivity contribution in [3.05, 3.63) is 23.8 Å². The largest absolute Gasteiger partial charge is 0.382 e.